The van der Waals surface area contributed by atoms with Crippen LogP contribution in [0.15, 0.2) is 60.1 Å². The summed E-state index contributed by atoms with van der Waals surface area (Å²) in [5.41, 5.74) is 2.99. The fourth-order valence-electron chi connectivity index (χ4n) is 2.96. The Morgan fingerprint density at radius 3 is 2.63 bits per heavy atom. The molecule has 4 rings (SSSR count). The third kappa shape index (κ3) is 3.37. The van der Waals surface area contributed by atoms with Gasteiger partial charge in [-0.1, -0.05) is 36.4 Å². The van der Waals surface area contributed by atoms with Crippen molar-refractivity contribution in [3.05, 3.63) is 60.1 Å². The van der Waals surface area contributed by atoms with Crippen LogP contribution in [0.4, 0.5) is 5.82 Å². The highest BCUT2D eigenvalue weighted by Crippen LogP contribution is 2.39. The second-order valence-corrected chi connectivity index (χ2v) is 6.97. The van der Waals surface area contributed by atoms with Crippen molar-refractivity contribution in [2.24, 2.45) is 0 Å². The highest BCUT2D eigenvalue weighted by Gasteiger charge is 2.19. The molecule has 0 radical (unpaired) electrons. The van der Waals surface area contributed by atoms with Crippen LogP contribution in [0.25, 0.3) is 32.9 Å². The summed E-state index contributed by atoms with van der Waals surface area (Å²) >= 11 is 1.60. The van der Waals surface area contributed by atoms with Gasteiger partial charge in [-0.2, -0.15) is 5.26 Å². The monoisotopic (exact) mass is 371 g/mol. The van der Waals surface area contributed by atoms with Crippen molar-refractivity contribution < 1.29 is 0 Å². The van der Waals surface area contributed by atoms with Crippen LogP contribution in [0.5, 0.6) is 0 Å². The number of aromatic nitrogens is 3. The first kappa shape index (κ1) is 17.1. The molecule has 4 aromatic rings. The minimum atomic E-state index is 0.436. The second-order valence-electron chi connectivity index (χ2n) is 6.11. The highest BCUT2D eigenvalue weighted by atomic mass is 32.1. The van der Waals surface area contributed by atoms with Crippen LogP contribution < -0.4 is 4.90 Å². The van der Waals surface area contributed by atoms with Crippen LogP contribution in [0.2, 0.25) is 0 Å². The lowest BCUT2D eigenvalue weighted by Crippen LogP contribution is -2.20. The van der Waals surface area contributed by atoms with E-state index in [0.29, 0.717) is 18.8 Å². The highest BCUT2D eigenvalue weighted by molar-refractivity contribution is 7.17. The maximum absolute atomic E-state index is 8.98. The molecular weight excluding hydrogens is 354 g/mol. The summed E-state index contributed by atoms with van der Waals surface area (Å²) < 4.78 is 0. The van der Waals surface area contributed by atoms with Crippen LogP contribution in [0.1, 0.15) is 6.42 Å². The lowest BCUT2D eigenvalue weighted by molar-refractivity contribution is 0.888. The summed E-state index contributed by atoms with van der Waals surface area (Å²) in [6.07, 6.45) is 2.18. The van der Waals surface area contributed by atoms with Crippen molar-refractivity contribution in [3.63, 3.8) is 0 Å². The first-order chi connectivity index (χ1) is 13.3. The van der Waals surface area contributed by atoms with Crippen molar-refractivity contribution in [2.45, 2.75) is 6.42 Å². The molecule has 0 N–H and O–H groups in total. The molecule has 0 saturated carbocycles. The number of nitrogens with zero attached hydrogens (tertiary/aromatic N) is 5. The van der Waals surface area contributed by atoms with Gasteiger partial charge >= 0.3 is 0 Å². The van der Waals surface area contributed by atoms with Gasteiger partial charge in [0.15, 0.2) is 5.82 Å². The third-order valence-corrected chi connectivity index (χ3v) is 5.19. The standard InChI is InChI=1S/C21H17N5S/c1-26(13-7-11-22)20-18-16(15-8-3-2-4-9-15)14-27-21(18)25-19(24-20)17-10-5-6-12-23-17/h2-6,8-10,12,14H,7,13H2,1H3. The van der Waals surface area contributed by atoms with E-state index in [-0.39, 0.29) is 0 Å². The predicted molar refractivity (Wildman–Crippen MR) is 110 cm³/mol. The first-order valence-electron chi connectivity index (χ1n) is 8.62. The second kappa shape index (κ2) is 7.52. The van der Waals surface area contributed by atoms with Crippen molar-refractivity contribution in [1.29, 1.82) is 5.26 Å². The Balaban J connectivity index is 1.93. The maximum Gasteiger partial charge on any atom is 0.181 e. The number of pyridine rings is 1. The van der Waals surface area contributed by atoms with Gasteiger partial charge in [-0.15, -0.1) is 11.3 Å². The Hall–Kier alpha value is -3.30. The molecule has 27 heavy (non-hydrogen) atoms. The zero-order valence-corrected chi connectivity index (χ0v) is 15.6. The average molecular weight is 371 g/mol. The molecule has 0 aliphatic heterocycles. The lowest BCUT2D eigenvalue weighted by atomic mass is 10.1. The Morgan fingerprint density at radius 2 is 1.89 bits per heavy atom. The van der Waals surface area contributed by atoms with Crippen LogP contribution in [-0.4, -0.2) is 28.5 Å². The molecule has 5 nitrogen and oxygen atoms in total. The SMILES string of the molecule is CN(CCC#N)c1nc(-c2ccccn2)nc2scc(-c3ccccc3)c12. The number of hydrogen-bond acceptors (Lipinski definition) is 6. The largest absolute Gasteiger partial charge is 0.358 e. The lowest BCUT2D eigenvalue weighted by Gasteiger charge is -2.19. The summed E-state index contributed by atoms with van der Waals surface area (Å²) in [7, 11) is 1.97. The fourth-order valence-corrected chi connectivity index (χ4v) is 3.90. The van der Waals surface area contributed by atoms with E-state index >= 15 is 0 Å². The number of hydrogen-bond donors (Lipinski definition) is 0. The fraction of sp³-hybridized carbons (Fsp3) is 0.143. The van der Waals surface area contributed by atoms with Gasteiger partial charge in [0.05, 0.1) is 17.9 Å². The van der Waals surface area contributed by atoms with E-state index in [1.165, 1.54) is 0 Å². The molecule has 1 aromatic carbocycles. The Morgan fingerprint density at radius 1 is 1.07 bits per heavy atom. The van der Waals surface area contributed by atoms with E-state index in [9.17, 15) is 0 Å². The molecule has 0 fully saturated rings. The first-order valence-corrected chi connectivity index (χ1v) is 9.50. The van der Waals surface area contributed by atoms with E-state index in [1.54, 1.807) is 17.5 Å². The molecule has 0 amide bonds. The summed E-state index contributed by atoms with van der Waals surface area (Å²) in [5.74, 6) is 1.43. The molecule has 0 saturated heterocycles. The molecule has 3 heterocycles. The molecule has 3 aromatic heterocycles. The summed E-state index contributed by atoms with van der Waals surface area (Å²) in [6.45, 7) is 0.606. The minimum absolute atomic E-state index is 0.436. The van der Waals surface area contributed by atoms with Gasteiger partial charge < -0.3 is 4.90 Å². The Bertz CT molecular complexity index is 1100. The van der Waals surface area contributed by atoms with Crippen molar-refractivity contribution in [1.82, 2.24) is 15.0 Å². The molecule has 0 aliphatic carbocycles. The van der Waals surface area contributed by atoms with Gasteiger partial charge in [-0.3, -0.25) is 4.98 Å². The van der Waals surface area contributed by atoms with Crippen LogP contribution in [0, 0.1) is 11.3 Å². The van der Waals surface area contributed by atoms with Crippen molar-refractivity contribution in [2.75, 3.05) is 18.5 Å². The minimum Gasteiger partial charge on any atom is -0.358 e. The summed E-state index contributed by atoms with van der Waals surface area (Å²) in [5, 5.41) is 12.1. The molecular formula is C21H17N5S. The van der Waals surface area contributed by atoms with Gasteiger partial charge in [0, 0.05) is 30.7 Å². The molecule has 0 unspecified atom stereocenters. The number of nitriles is 1. The quantitative estimate of drug-likeness (QED) is 0.505. The van der Waals surface area contributed by atoms with E-state index < -0.39 is 0 Å². The zero-order valence-electron chi connectivity index (χ0n) is 14.8. The van der Waals surface area contributed by atoms with Crippen molar-refractivity contribution >= 4 is 27.4 Å². The van der Waals surface area contributed by atoms with Gasteiger partial charge in [0.1, 0.15) is 16.3 Å². The number of thiophene rings is 1. The van der Waals surface area contributed by atoms with E-state index in [4.69, 9.17) is 15.2 Å². The van der Waals surface area contributed by atoms with Crippen LogP contribution in [0.3, 0.4) is 0 Å². The van der Waals surface area contributed by atoms with Crippen LogP contribution in [-0.2, 0) is 0 Å². The number of anilines is 1. The third-order valence-electron chi connectivity index (χ3n) is 4.31. The topological polar surface area (TPSA) is 65.7 Å². The van der Waals surface area contributed by atoms with Gasteiger partial charge in [-0.25, -0.2) is 9.97 Å². The maximum atomic E-state index is 8.98. The van der Waals surface area contributed by atoms with Gasteiger partial charge in [-0.05, 0) is 17.7 Å². The molecule has 132 valence electrons. The normalized spacial score (nSPS) is 10.7. The average Bonchev–Trinajstić information content (AvgIpc) is 3.16. The van der Waals surface area contributed by atoms with Crippen LogP contribution >= 0.6 is 11.3 Å². The molecule has 0 bridgehead atoms. The smallest absolute Gasteiger partial charge is 0.181 e. The van der Waals surface area contributed by atoms with E-state index in [0.717, 1.165) is 32.9 Å². The Kier molecular flexibility index (Phi) is 4.77. The van der Waals surface area contributed by atoms with Gasteiger partial charge in [0.2, 0.25) is 0 Å². The predicted octanol–water partition coefficient (Wildman–Crippen LogP) is 4.77. The number of rotatable bonds is 5. The van der Waals surface area contributed by atoms with E-state index in [2.05, 4.69) is 28.6 Å². The summed E-state index contributed by atoms with van der Waals surface area (Å²) in [6, 6.07) is 18.2. The number of fused-ring (bicyclic) bond motifs is 1. The van der Waals surface area contributed by atoms with Gasteiger partial charge in [0.25, 0.3) is 0 Å². The van der Waals surface area contributed by atoms with E-state index in [1.807, 2.05) is 48.3 Å². The zero-order chi connectivity index (χ0) is 18.6. The summed E-state index contributed by atoms with van der Waals surface area (Å²) in [4.78, 5) is 16.9. The molecule has 0 spiro atoms. The molecule has 0 aliphatic rings. The molecule has 6 heteroatoms. The molecule has 0 atom stereocenters. The van der Waals surface area contributed by atoms with Crippen molar-refractivity contribution in [3.8, 4) is 28.7 Å². The number of benzene rings is 1. The Labute approximate surface area is 161 Å².